The first kappa shape index (κ1) is 17.5. The third kappa shape index (κ3) is 2.93. The van der Waals surface area contributed by atoms with E-state index >= 15 is 0 Å². The summed E-state index contributed by atoms with van der Waals surface area (Å²) in [5.41, 5.74) is 2.01. The number of hydrogen-bond donors (Lipinski definition) is 1. The van der Waals surface area contributed by atoms with Gasteiger partial charge in [0.25, 0.3) is 5.69 Å². The van der Waals surface area contributed by atoms with Gasteiger partial charge in [-0.15, -0.1) is 4.73 Å². The molecule has 25 heavy (non-hydrogen) atoms. The zero-order valence-electron chi connectivity index (χ0n) is 14.6. The summed E-state index contributed by atoms with van der Waals surface area (Å²) in [5, 5.41) is 13.7. The Hall–Kier alpha value is -2.28. The molecule has 132 valence electrons. The number of aromatic amines is 1. The van der Waals surface area contributed by atoms with Crippen LogP contribution in [0, 0.1) is 11.1 Å². The minimum absolute atomic E-state index is 0.124. The largest absolute Gasteiger partial charge is 0.616 e. The molecule has 2 heterocycles. The molecule has 3 rings (SSSR count). The average Bonchev–Trinajstić information content (AvgIpc) is 2.97. The molecule has 1 N–H and O–H groups in total. The lowest BCUT2D eigenvalue weighted by atomic mass is 10.1. The van der Waals surface area contributed by atoms with Crippen LogP contribution in [-0.2, 0) is 13.5 Å². The Balaban J connectivity index is 2.36. The number of halogens is 1. The van der Waals surface area contributed by atoms with Crippen LogP contribution in [0.5, 0.6) is 5.88 Å². The predicted molar refractivity (Wildman–Crippen MR) is 101 cm³/mol. The van der Waals surface area contributed by atoms with E-state index in [9.17, 15) is 10.0 Å². The minimum atomic E-state index is -0.302. The lowest BCUT2D eigenvalue weighted by Crippen LogP contribution is -2.44. The fourth-order valence-corrected chi connectivity index (χ4v) is 3.43. The van der Waals surface area contributed by atoms with E-state index in [1.165, 1.54) is 11.7 Å². The zero-order chi connectivity index (χ0) is 18.3. The van der Waals surface area contributed by atoms with E-state index in [2.05, 4.69) is 20.9 Å². The fourth-order valence-electron chi connectivity index (χ4n) is 3.07. The molecule has 0 atom stereocenters. The molecule has 0 unspecified atom stereocenters. The SMILES string of the molecule is COc1c(-c2c[nH]c3ccc(Br)cc23)n(C)c(=O)c(CC(C)C)[n+]1[O-]. The van der Waals surface area contributed by atoms with Crippen LogP contribution in [0.15, 0.2) is 33.7 Å². The number of hydrogen-bond acceptors (Lipinski definition) is 3. The quantitative estimate of drug-likeness (QED) is 0.535. The number of nitrogens with zero attached hydrogens (tertiary/aromatic N) is 2. The first-order valence-corrected chi connectivity index (χ1v) is 8.80. The van der Waals surface area contributed by atoms with Gasteiger partial charge in [0.1, 0.15) is 0 Å². The third-order valence-corrected chi connectivity index (χ3v) is 4.71. The van der Waals surface area contributed by atoms with Gasteiger partial charge in [0.05, 0.1) is 7.11 Å². The first-order valence-electron chi connectivity index (χ1n) is 8.01. The minimum Gasteiger partial charge on any atom is -0.616 e. The number of ether oxygens (including phenoxy) is 1. The van der Waals surface area contributed by atoms with Crippen molar-refractivity contribution < 1.29 is 9.47 Å². The summed E-state index contributed by atoms with van der Waals surface area (Å²) in [6.45, 7) is 3.94. The van der Waals surface area contributed by atoms with Crippen molar-refractivity contribution in [3.05, 3.63) is 50.1 Å². The topological polar surface area (TPSA) is 74.0 Å². The monoisotopic (exact) mass is 405 g/mol. The van der Waals surface area contributed by atoms with Crippen LogP contribution in [0.3, 0.4) is 0 Å². The van der Waals surface area contributed by atoms with Crippen LogP contribution in [0.25, 0.3) is 22.2 Å². The van der Waals surface area contributed by atoms with Crippen molar-refractivity contribution in [1.82, 2.24) is 9.55 Å². The Bertz CT molecular complexity index is 1000. The predicted octanol–water partition coefficient (Wildman–Crippen LogP) is 3.14. The van der Waals surface area contributed by atoms with E-state index in [-0.39, 0.29) is 23.1 Å². The van der Waals surface area contributed by atoms with Crippen molar-refractivity contribution in [2.75, 3.05) is 7.11 Å². The number of fused-ring (bicyclic) bond motifs is 1. The van der Waals surface area contributed by atoms with E-state index in [4.69, 9.17) is 4.74 Å². The second-order valence-corrected chi connectivity index (χ2v) is 7.37. The highest BCUT2D eigenvalue weighted by atomic mass is 79.9. The number of benzene rings is 1. The zero-order valence-corrected chi connectivity index (χ0v) is 16.2. The van der Waals surface area contributed by atoms with Crippen molar-refractivity contribution in [2.24, 2.45) is 13.0 Å². The number of rotatable bonds is 4. The van der Waals surface area contributed by atoms with Gasteiger partial charge in [0.2, 0.25) is 0 Å². The molecule has 7 heteroatoms. The molecule has 3 aromatic rings. The normalized spacial score (nSPS) is 11.4. The smallest absolute Gasteiger partial charge is 0.404 e. The van der Waals surface area contributed by atoms with Crippen LogP contribution in [0.1, 0.15) is 19.5 Å². The van der Waals surface area contributed by atoms with Gasteiger partial charge >= 0.3 is 11.4 Å². The molecule has 0 bridgehead atoms. The van der Waals surface area contributed by atoms with E-state index in [0.717, 1.165) is 20.9 Å². The van der Waals surface area contributed by atoms with Gasteiger partial charge in [-0.2, -0.15) is 0 Å². The fraction of sp³-hybridized carbons (Fsp3) is 0.333. The molecular formula is C18H20BrN3O3. The summed E-state index contributed by atoms with van der Waals surface area (Å²) >= 11 is 3.47. The van der Waals surface area contributed by atoms with E-state index in [0.29, 0.717) is 16.8 Å². The Morgan fingerprint density at radius 1 is 1.40 bits per heavy atom. The average molecular weight is 406 g/mol. The summed E-state index contributed by atoms with van der Waals surface area (Å²) in [5.74, 6) is 0.311. The molecule has 0 fully saturated rings. The Morgan fingerprint density at radius 3 is 2.76 bits per heavy atom. The lowest BCUT2D eigenvalue weighted by molar-refractivity contribution is -0.622. The van der Waals surface area contributed by atoms with Gasteiger partial charge in [-0.25, -0.2) is 0 Å². The van der Waals surface area contributed by atoms with Crippen molar-refractivity contribution in [2.45, 2.75) is 20.3 Å². The van der Waals surface area contributed by atoms with Gasteiger partial charge < -0.3 is 14.9 Å². The molecule has 0 saturated heterocycles. The molecule has 0 spiro atoms. The third-order valence-electron chi connectivity index (χ3n) is 4.21. The Morgan fingerprint density at radius 2 is 2.12 bits per heavy atom. The van der Waals surface area contributed by atoms with Crippen LogP contribution >= 0.6 is 15.9 Å². The Labute approximate surface area is 153 Å². The highest BCUT2D eigenvalue weighted by Crippen LogP contribution is 2.33. The van der Waals surface area contributed by atoms with Gasteiger partial charge in [-0.3, -0.25) is 9.36 Å². The molecular weight excluding hydrogens is 386 g/mol. The number of nitrogens with one attached hydrogen (secondary N) is 1. The summed E-state index contributed by atoms with van der Waals surface area (Å²) in [6.07, 6.45) is 2.18. The van der Waals surface area contributed by atoms with Gasteiger partial charge in [0.15, 0.2) is 5.69 Å². The van der Waals surface area contributed by atoms with Crippen LogP contribution < -0.4 is 15.0 Å². The maximum absolute atomic E-state index is 12.8. The first-order chi connectivity index (χ1) is 11.8. The van der Waals surface area contributed by atoms with Crippen LogP contribution in [0.2, 0.25) is 0 Å². The molecule has 2 aromatic heterocycles. The maximum Gasteiger partial charge on any atom is 0.404 e. The van der Waals surface area contributed by atoms with E-state index in [1.54, 1.807) is 13.2 Å². The number of H-pyrrole nitrogens is 1. The van der Waals surface area contributed by atoms with Crippen molar-refractivity contribution in [1.29, 1.82) is 0 Å². The van der Waals surface area contributed by atoms with Gasteiger partial charge in [-0.1, -0.05) is 29.8 Å². The summed E-state index contributed by atoms with van der Waals surface area (Å²) in [6, 6.07) is 5.81. The van der Waals surface area contributed by atoms with E-state index < -0.39 is 0 Å². The van der Waals surface area contributed by atoms with E-state index in [1.807, 2.05) is 32.0 Å². The summed E-state index contributed by atoms with van der Waals surface area (Å²) in [4.78, 5) is 16.0. The molecule has 0 aliphatic rings. The number of methoxy groups -OCH3 is 1. The van der Waals surface area contributed by atoms with Gasteiger partial charge in [0, 0.05) is 40.6 Å². The van der Waals surface area contributed by atoms with Crippen LogP contribution in [0.4, 0.5) is 0 Å². The number of aromatic nitrogens is 3. The van der Waals surface area contributed by atoms with Crippen molar-refractivity contribution in [3.63, 3.8) is 0 Å². The molecule has 1 aromatic carbocycles. The maximum atomic E-state index is 12.8. The summed E-state index contributed by atoms with van der Waals surface area (Å²) < 4.78 is 8.44. The molecule has 0 saturated carbocycles. The molecule has 0 aliphatic heterocycles. The highest BCUT2D eigenvalue weighted by molar-refractivity contribution is 9.10. The Kier molecular flexibility index (Phi) is 4.60. The molecule has 6 nitrogen and oxygen atoms in total. The second kappa shape index (κ2) is 6.55. The lowest BCUT2D eigenvalue weighted by Gasteiger charge is -2.15. The highest BCUT2D eigenvalue weighted by Gasteiger charge is 2.28. The standard InChI is InChI=1S/C18H20BrN3O3/c1-10(2)7-15-17(23)21(3)16(18(25-4)22(15)24)13-9-20-14-6-5-11(19)8-12(13)14/h5-6,8-10,20H,7H2,1-4H3. The van der Waals surface area contributed by atoms with Crippen molar-refractivity contribution in [3.8, 4) is 17.1 Å². The van der Waals surface area contributed by atoms with Crippen molar-refractivity contribution >= 4 is 26.8 Å². The molecule has 0 radical (unpaired) electrons. The molecule has 0 aliphatic carbocycles. The van der Waals surface area contributed by atoms with Gasteiger partial charge in [-0.05, 0) is 24.1 Å². The summed E-state index contributed by atoms with van der Waals surface area (Å²) in [7, 11) is 3.11. The second-order valence-electron chi connectivity index (χ2n) is 6.45. The van der Waals surface area contributed by atoms with Crippen LogP contribution in [-0.4, -0.2) is 16.7 Å². The molecule has 0 amide bonds.